The largest absolute Gasteiger partial charge is 0.497 e. The number of hydrogen-bond donors (Lipinski definition) is 3. The van der Waals surface area contributed by atoms with Crippen molar-refractivity contribution in [1.82, 2.24) is 25.2 Å². The van der Waals surface area contributed by atoms with E-state index in [1.165, 1.54) is 16.2 Å². The maximum Gasteiger partial charge on any atom is 0.408 e. The van der Waals surface area contributed by atoms with Gasteiger partial charge in [0.1, 0.15) is 46.2 Å². The van der Waals surface area contributed by atoms with Gasteiger partial charge in [-0.25, -0.2) is 18.2 Å². The molecule has 15 nitrogen and oxygen atoms in total. The predicted molar refractivity (Wildman–Crippen MR) is 220 cm³/mol. The highest BCUT2D eigenvalue weighted by molar-refractivity contribution is 7.91. The molecule has 4 aliphatic rings. The Balaban J connectivity index is 1.15. The minimum Gasteiger partial charge on any atom is -0.497 e. The van der Waals surface area contributed by atoms with Crippen molar-refractivity contribution in [2.45, 2.75) is 113 Å². The van der Waals surface area contributed by atoms with Gasteiger partial charge < -0.3 is 34.2 Å². The monoisotopic (exact) mass is 847 g/mol. The van der Waals surface area contributed by atoms with Crippen LogP contribution in [0.15, 0.2) is 58.3 Å². The van der Waals surface area contributed by atoms with Crippen LogP contribution < -0.4 is 24.8 Å². The number of allylic oxidation sites excluding steroid dienone is 1. The minimum absolute atomic E-state index is 0.0154. The van der Waals surface area contributed by atoms with Gasteiger partial charge in [-0.1, -0.05) is 31.1 Å². The van der Waals surface area contributed by atoms with Crippen LogP contribution in [0, 0.1) is 5.92 Å². The number of sulfonamides is 1. The minimum atomic E-state index is -3.92. The topological polar surface area (TPSA) is 195 Å². The third-order valence-corrected chi connectivity index (χ3v) is 13.9. The highest BCUT2D eigenvalue weighted by Gasteiger charge is 2.62. The molecule has 5 heterocycles. The average molecular weight is 848 g/mol. The van der Waals surface area contributed by atoms with Gasteiger partial charge in [0.15, 0.2) is 11.3 Å². The number of aromatic nitrogens is 1. The molecule has 2 saturated carbocycles. The second-order valence-corrected chi connectivity index (χ2v) is 19.7. The maximum absolute atomic E-state index is 14.7. The predicted octanol–water partition coefficient (Wildman–Crippen LogP) is 5.96. The number of furan rings is 1. The maximum atomic E-state index is 14.7. The third kappa shape index (κ3) is 8.62. The lowest BCUT2D eigenvalue weighted by atomic mass is 10.0. The second-order valence-electron chi connectivity index (χ2n) is 16.8. The Kier molecular flexibility index (Phi) is 10.9. The van der Waals surface area contributed by atoms with Crippen molar-refractivity contribution in [2.24, 2.45) is 5.92 Å². The number of ether oxygens (including phenoxy) is 3. The lowest BCUT2D eigenvalue weighted by Gasteiger charge is -2.30. The van der Waals surface area contributed by atoms with Crippen LogP contribution in [0.1, 0.15) is 78.6 Å². The Labute approximate surface area is 346 Å². The molecular weight excluding hydrogens is 799 g/mol. The van der Waals surface area contributed by atoms with Crippen molar-refractivity contribution >= 4 is 67.2 Å². The zero-order valence-electron chi connectivity index (χ0n) is 33.4. The summed E-state index contributed by atoms with van der Waals surface area (Å²) in [6.45, 7) is 5.14. The number of methoxy groups -OCH3 is 1. The van der Waals surface area contributed by atoms with Crippen LogP contribution in [0.4, 0.5) is 4.79 Å². The van der Waals surface area contributed by atoms with Gasteiger partial charge in [-0.2, -0.15) is 0 Å². The number of benzene rings is 1. The highest BCUT2D eigenvalue weighted by Crippen LogP contribution is 2.46. The number of carbonyl (C=O) groups is 4. The highest BCUT2D eigenvalue weighted by atomic mass is 32.2. The van der Waals surface area contributed by atoms with E-state index in [2.05, 4.69) is 15.4 Å². The number of carbonyl (C=O) groups excluding carboxylic acids is 4. The van der Waals surface area contributed by atoms with Gasteiger partial charge in [-0.05, 0) is 88.9 Å². The quantitative estimate of drug-likeness (QED) is 0.177. The fourth-order valence-electron chi connectivity index (χ4n) is 7.93. The van der Waals surface area contributed by atoms with Crippen molar-refractivity contribution < 1.29 is 46.2 Å². The number of fused-ring (bicyclic) bond motifs is 5. The molecule has 1 aromatic carbocycles. The van der Waals surface area contributed by atoms with Gasteiger partial charge in [0.25, 0.3) is 5.91 Å². The number of pyridine rings is 1. The smallest absolute Gasteiger partial charge is 0.408 e. The number of thiophene rings is 1. The van der Waals surface area contributed by atoms with E-state index in [1.807, 2.05) is 35.7 Å². The number of rotatable bonds is 8. The molecule has 4 amide bonds. The normalized spacial score (nSPS) is 25.9. The average Bonchev–Trinajstić information content (AvgIpc) is 3.98. The van der Waals surface area contributed by atoms with Gasteiger partial charge in [0.05, 0.1) is 34.9 Å². The van der Waals surface area contributed by atoms with Crippen molar-refractivity contribution in [3.05, 3.63) is 53.9 Å². The van der Waals surface area contributed by atoms with Gasteiger partial charge in [-0.15, -0.1) is 11.3 Å². The Hall–Kier alpha value is -5.16. The molecule has 2 aliphatic heterocycles. The number of alkyl carbamates (subject to hydrolysis) is 1. The van der Waals surface area contributed by atoms with E-state index in [1.54, 1.807) is 46.1 Å². The van der Waals surface area contributed by atoms with Crippen LogP contribution in [-0.4, -0.2) is 90.3 Å². The van der Waals surface area contributed by atoms with E-state index in [0.717, 1.165) is 17.7 Å². The molecule has 3 N–H and O–H groups in total. The summed E-state index contributed by atoms with van der Waals surface area (Å²) in [5.74, 6) is -1.42. The summed E-state index contributed by atoms with van der Waals surface area (Å²) in [7, 11) is -2.34. The number of nitrogens with one attached hydrogen (secondary N) is 3. The number of nitrogens with zero attached hydrogens (tertiary/aromatic N) is 2. The molecule has 59 heavy (non-hydrogen) atoms. The van der Waals surface area contributed by atoms with E-state index in [0.29, 0.717) is 71.4 Å². The molecule has 3 aromatic heterocycles. The Morgan fingerprint density at radius 1 is 1.08 bits per heavy atom. The fraction of sp³-hybridized carbons (Fsp3) is 0.500. The standard InChI is InChI=1S/C42H49N5O10S2/c1-41(2,3)57-40(51)44-29-12-9-7-5-6-8-11-24-22-42(24,39(50)46-59(52,53)27-15-16-27)45-37(48)31-20-26(23-47(31)38(29)49)55-33-21-30(34-13-10-18-58-34)43-35-28-19-25(54-4)14-17-32(28)56-36(33)35/h8,10-11,13-14,17-19,21,24,26-27,29,31H,5-7,9,12,15-16,20,22-23H2,1-4H3,(H,44,51)(H,45,48)(H,46,50)/b11-8-/t24-,26+,29-,31-,42+/m0/s1. The van der Waals surface area contributed by atoms with E-state index in [9.17, 15) is 27.6 Å². The summed E-state index contributed by atoms with van der Waals surface area (Å²) >= 11 is 1.51. The van der Waals surface area contributed by atoms with Crippen LogP contribution in [-0.2, 0) is 29.1 Å². The molecule has 314 valence electrons. The molecule has 0 bridgehead atoms. The van der Waals surface area contributed by atoms with Gasteiger partial charge in [0.2, 0.25) is 21.8 Å². The first kappa shape index (κ1) is 40.6. The van der Waals surface area contributed by atoms with Crippen molar-refractivity contribution in [3.63, 3.8) is 0 Å². The van der Waals surface area contributed by atoms with Crippen LogP contribution in [0.2, 0.25) is 0 Å². The molecule has 4 aromatic rings. The van der Waals surface area contributed by atoms with Crippen LogP contribution in [0.3, 0.4) is 0 Å². The summed E-state index contributed by atoms with van der Waals surface area (Å²) in [5.41, 5.74) is -0.232. The Morgan fingerprint density at radius 3 is 2.63 bits per heavy atom. The van der Waals surface area contributed by atoms with Crippen LogP contribution >= 0.6 is 11.3 Å². The summed E-state index contributed by atoms with van der Waals surface area (Å²) in [5, 5.41) is 7.68. The van der Waals surface area contributed by atoms with E-state index < -0.39 is 74.3 Å². The summed E-state index contributed by atoms with van der Waals surface area (Å²) in [4.78, 5) is 63.5. The van der Waals surface area contributed by atoms with E-state index >= 15 is 0 Å². The summed E-state index contributed by atoms with van der Waals surface area (Å²) < 4.78 is 52.2. The molecule has 2 aliphatic carbocycles. The third-order valence-electron chi connectivity index (χ3n) is 11.2. The van der Waals surface area contributed by atoms with Gasteiger partial charge >= 0.3 is 6.09 Å². The Morgan fingerprint density at radius 2 is 1.90 bits per heavy atom. The zero-order chi connectivity index (χ0) is 41.7. The lowest BCUT2D eigenvalue weighted by Crippen LogP contribution is -2.58. The van der Waals surface area contributed by atoms with Crippen molar-refractivity contribution in [3.8, 4) is 22.1 Å². The summed E-state index contributed by atoms with van der Waals surface area (Å²) in [6.07, 6.45) is 6.55. The molecular formula is C42H49N5O10S2. The molecule has 5 atom stereocenters. The molecule has 0 spiro atoms. The lowest BCUT2D eigenvalue weighted by molar-refractivity contribution is -0.141. The second kappa shape index (κ2) is 15.8. The first-order valence-electron chi connectivity index (χ1n) is 20.1. The van der Waals surface area contributed by atoms with Gasteiger partial charge in [0, 0.05) is 18.4 Å². The molecule has 0 unspecified atom stereocenters. The first-order chi connectivity index (χ1) is 28.1. The summed E-state index contributed by atoms with van der Waals surface area (Å²) in [6, 6.07) is 8.88. The zero-order valence-corrected chi connectivity index (χ0v) is 35.1. The van der Waals surface area contributed by atoms with Crippen LogP contribution in [0.25, 0.3) is 32.6 Å². The molecule has 17 heteroatoms. The van der Waals surface area contributed by atoms with Crippen molar-refractivity contribution in [1.29, 1.82) is 0 Å². The Bertz CT molecular complexity index is 2420. The number of amides is 4. The van der Waals surface area contributed by atoms with E-state index in [4.69, 9.17) is 23.6 Å². The number of hydrogen-bond acceptors (Lipinski definition) is 12. The fourth-order valence-corrected chi connectivity index (χ4v) is 9.98. The molecule has 1 saturated heterocycles. The SMILES string of the molecule is COc1ccc2oc3c(O[C@@H]4C[C@H]5C(=O)N[C@]6(C(=O)NS(=O)(=O)C7CC7)C[C@@H]6/C=C\CCCCC[C@H](NC(=O)OC(C)(C)C)C(=O)N5C4)cc(-c4cccs4)nc3c2c1. The van der Waals surface area contributed by atoms with E-state index in [-0.39, 0.29) is 19.4 Å². The van der Waals surface area contributed by atoms with Crippen LogP contribution in [0.5, 0.6) is 11.5 Å². The van der Waals surface area contributed by atoms with Crippen molar-refractivity contribution in [2.75, 3.05) is 13.7 Å². The molecule has 0 radical (unpaired) electrons. The van der Waals surface area contributed by atoms with Gasteiger partial charge in [-0.3, -0.25) is 19.1 Å². The molecule has 8 rings (SSSR count). The molecule has 3 fully saturated rings. The first-order valence-corrected chi connectivity index (χ1v) is 22.5.